The van der Waals surface area contributed by atoms with Gasteiger partial charge in [0.2, 0.25) is 5.91 Å². The lowest BCUT2D eigenvalue weighted by molar-refractivity contribution is -0.133. The van der Waals surface area contributed by atoms with E-state index < -0.39 is 0 Å². The smallest absolute Gasteiger partial charge is 0.254 e. The summed E-state index contributed by atoms with van der Waals surface area (Å²) in [5, 5.41) is 0. The molecule has 0 N–H and O–H groups in total. The van der Waals surface area contributed by atoms with Gasteiger partial charge in [-0.3, -0.25) is 9.59 Å². The predicted octanol–water partition coefficient (Wildman–Crippen LogP) is 2.52. The van der Waals surface area contributed by atoms with E-state index in [1.165, 1.54) is 0 Å². The van der Waals surface area contributed by atoms with Gasteiger partial charge in [0.25, 0.3) is 5.91 Å². The van der Waals surface area contributed by atoms with Crippen molar-refractivity contribution in [2.75, 3.05) is 40.0 Å². The fourth-order valence-corrected chi connectivity index (χ4v) is 3.96. The van der Waals surface area contributed by atoms with Gasteiger partial charge in [0.15, 0.2) is 0 Å². The maximum atomic E-state index is 13.1. The van der Waals surface area contributed by atoms with Gasteiger partial charge in [-0.1, -0.05) is 12.1 Å². The molecular weight excluding hydrogens is 396 g/mol. The van der Waals surface area contributed by atoms with Gasteiger partial charge in [-0.15, -0.1) is 0 Å². The van der Waals surface area contributed by atoms with Crippen LogP contribution in [0.15, 0.2) is 42.5 Å². The summed E-state index contributed by atoms with van der Waals surface area (Å²) in [6.45, 7) is 5.10. The quantitative estimate of drug-likeness (QED) is 0.755. The van der Waals surface area contributed by atoms with Gasteiger partial charge in [0, 0.05) is 30.8 Å². The molecule has 0 bridgehead atoms. The van der Waals surface area contributed by atoms with E-state index in [0.717, 1.165) is 22.6 Å². The molecule has 1 atom stereocenters. The van der Waals surface area contributed by atoms with Crippen molar-refractivity contribution in [3.8, 4) is 11.5 Å². The Morgan fingerprint density at radius 2 is 1.94 bits per heavy atom. The molecule has 0 saturated carbocycles. The predicted molar refractivity (Wildman–Crippen MR) is 115 cm³/mol. The fourth-order valence-electron chi connectivity index (χ4n) is 3.96. The molecule has 2 aliphatic heterocycles. The van der Waals surface area contributed by atoms with Crippen molar-refractivity contribution in [2.45, 2.75) is 25.9 Å². The number of hydrogen-bond donors (Lipinski definition) is 0. The molecule has 164 valence electrons. The number of morpholine rings is 1. The van der Waals surface area contributed by atoms with Crippen LogP contribution in [0.1, 0.15) is 28.4 Å². The van der Waals surface area contributed by atoms with Crippen molar-refractivity contribution in [2.24, 2.45) is 0 Å². The zero-order chi connectivity index (χ0) is 21.8. The molecule has 1 saturated heterocycles. The first-order valence-corrected chi connectivity index (χ1v) is 10.6. The summed E-state index contributed by atoms with van der Waals surface area (Å²) in [4.78, 5) is 29.7. The summed E-state index contributed by atoms with van der Waals surface area (Å²) in [6.07, 6.45) is 0.281. The second-order valence-electron chi connectivity index (χ2n) is 7.94. The molecule has 2 amide bonds. The Balaban J connectivity index is 1.52. The molecule has 2 aromatic rings. The van der Waals surface area contributed by atoms with Crippen molar-refractivity contribution in [3.05, 3.63) is 59.2 Å². The summed E-state index contributed by atoms with van der Waals surface area (Å²) in [5.41, 5.74) is 2.36. The van der Waals surface area contributed by atoms with Crippen molar-refractivity contribution >= 4 is 11.8 Å². The zero-order valence-corrected chi connectivity index (χ0v) is 18.0. The van der Waals surface area contributed by atoms with Crippen LogP contribution >= 0.6 is 0 Å². The molecule has 0 unspecified atom stereocenters. The largest absolute Gasteiger partial charge is 0.497 e. The summed E-state index contributed by atoms with van der Waals surface area (Å²) in [6, 6.07) is 13.0. The molecule has 31 heavy (non-hydrogen) atoms. The van der Waals surface area contributed by atoms with Gasteiger partial charge in [-0.05, 0) is 42.8 Å². The van der Waals surface area contributed by atoms with E-state index in [2.05, 4.69) is 0 Å². The maximum Gasteiger partial charge on any atom is 0.254 e. The highest BCUT2D eigenvalue weighted by atomic mass is 16.5. The lowest BCUT2D eigenvalue weighted by atomic mass is 10.1. The van der Waals surface area contributed by atoms with Crippen LogP contribution in [-0.2, 0) is 22.5 Å². The van der Waals surface area contributed by atoms with Crippen LogP contribution in [0.3, 0.4) is 0 Å². The average molecular weight is 424 g/mol. The topological polar surface area (TPSA) is 68.3 Å². The summed E-state index contributed by atoms with van der Waals surface area (Å²) in [5.74, 6) is 1.45. The van der Waals surface area contributed by atoms with Crippen molar-refractivity contribution in [3.63, 3.8) is 0 Å². The summed E-state index contributed by atoms with van der Waals surface area (Å²) >= 11 is 0. The molecule has 0 aromatic heterocycles. The van der Waals surface area contributed by atoms with Crippen LogP contribution in [-0.4, -0.2) is 67.7 Å². The summed E-state index contributed by atoms with van der Waals surface area (Å²) in [7, 11) is 1.61. The monoisotopic (exact) mass is 424 g/mol. The normalized spacial score (nSPS) is 18.6. The highest BCUT2D eigenvalue weighted by Crippen LogP contribution is 2.27. The van der Waals surface area contributed by atoms with Crippen LogP contribution in [0.5, 0.6) is 11.5 Å². The third kappa shape index (κ3) is 4.82. The van der Waals surface area contributed by atoms with Crippen molar-refractivity contribution < 1.29 is 23.8 Å². The van der Waals surface area contributed by atoms with E-state index >= 15 is 0 Å². The zero-order valence-electron chi connectivity index (χ0n) is 18.0. The lowest BCUT2D eigenvalue weighted by Gasteiger charge is -2.27. The Bertz CT molecular complexity index is 955. The number of carbonyl (C=O) groups is 2. The van der Waals surface area contributed by atoms with E-state index in [1.54, 1.807) is 18.1 Å². The third-order valence-corrected chi connectivity index (χ3v) is 5.77. The van der Waals surface area contributed by atoms with Crippen molar-refractivity contribution in [1.82, 2.24) is 9.80 Å². The molecule has 7 heteroatoms. The van der Waals surface area contributed by atoms with Crippen LogP contribution in [0.2, 0.25) is 0 Å². The van der Waals surface area contributed by atoms with Gasteiger partial charge in [-0.2, -0.15) is 0 Å². The molecule has 0 spiro atoms. The first-order valence-electron chi connectivity index (χ1n) is 10.6. The number of benzene rings is 2. The Morgan fingerprint density at radius 1 is 1.13 bits per heavy atom. The van der Waals surface area contributed by atoms with Crippen LogP contribution < -0.4 is 9.47 Å². The van der Waals surface area contributed by atoms with E-state index in [4.69, 9.17) is 14.2 Å². The molecule has 4 rings (SSSR count). The Morgan fingerprint density at radius 3 is 2.71 bits per heavy atom. The average Bonchev–Trinajstić information content (AvgIpc) is 2.97. The molecule has 1 fully saturated rings. The minimum Gasteiger partial charge on any atom is -0.497 e. The van der Waals surface area contributed by atoms with Crippen molar-refractivity contribution in [1.29, 1.82) is 0 Å². The van der Waals surface area contributed by atoms with E-state index in [0.29, 0.717) is 45.0 Å². The molecule has 0 aliphatic carbocycles. The number of methoxy groups -OCH3 is 1. The lowest BCUT2D eigenvalue weighted by Crippen LogP contribution is -2.41. The second kappa shape index (κ2) is 9.39. The Labute approximate surface area is 182 Å². The molecular formula is C24H28N2O5. The standard InChI is InChI=1S/C24H28N2O5/c1-17-16-31-22-7-6-19(24(28)25-8-10-30-11-9-25)14-20(22)15-26(17)23(27)13-18-4-3-5-21(12-18)29-2/h3-7,12,14,17H,8-11,13,15-16H2,1-2H3/t17-/m0/s1. The Hall–Kier alpha value is -3.06. The van der Waals surface area contributed by atoms with E-state index in [1.807, 2.05) is 48.2 Å². The van der Waals surface area contributed by atoms with Crippen LogP contribution in [0.4, 0.5) is 0 Å². The molecule has 2 aliphatic rings. The van der Waals surface area contributed by atoms with Gasteiger partial charge >= 0.3 is 0 Å². The number of rotatable bonds is 4. The summed E-state index contributed by atoms with van der Waals surface area (Å²) < 4.78 is 16.6. The van der Waals surface area contributed by atoms with Gasteiger partial charge in [0.05, 0.1) is 32.8 Å². The number of amides is 2. The number of hydrogen-bond acceptors (Lipinski definition) is 5. The second-order valence-corrected chi connectivity index (χ2v) is 7.94. The highest BCUT2D eigenvalue weighted by molar-refractivity contribution is 5.94. The highest BCUT2D eigenvalue weighted by Gasteiger charge is 2.27. The SMILES string of the molecule is COc1cccc(CC(=O)N2Cc3cc(C(=O)N4CCOCC4)ccc3OC[C@@H]2C)c1. The fraction of sp³-hybridized carbons (Fsp3) is 0.417. The molecule has 2 heterocycles. The number of ether oxygens (including phenoxy) is 3. The minimum atomic E-state index is -0.0797. The number of carbonyl (C=O) groups excluding carboxylic acids is 2. The van der Waals surface area contributed by atoms with Crippen LogP contribution in [0.25, 0.3) is 0 Å². The number of fused-ring (bicyclic) bond motifs is 1. The Kier molecular flexibility index (Phi) is 6.42. The first-order chi connectivity index (χ1) is 15.0. The molecule has 0 radical (unpaired) electrons. The maximum absolute atomic E-state index is 13.1. The molecule has 2 aromatic carbocycles. The van der Waals surface area contributed by atoms with Gasteiger partial charge in [-0.25, -0.2) is 0 Å². The minimum absolute atomic E-state index is 0.0158. The van der Waals surface area contributed by atoms with Crippen LogP contribution in [0, 0.1) is 0 Å². The van der Waals surface area contributed by atoms with Gasteiger partial charge < -0.3 is 24.0 Å². The van der Waals surface area contributed by atoms with E-state index in [-0.39, 0.29) is 24.3 Å². The third-order valence-electron chi connectivity index (χ3n) is 5.77. The number of nitrogens with zero attached hydrogens (tertiary/aromatic N) is 2. The van der Waals surface area contributed by atoms with E-state index in [9.17, 15) is 9.59 Å². The van der Waals surface area contributed by atoms with Gasteiger partial charge in [0.1, 0.15) is 18.1 Å². The molecule has 7 nitrogen and oxygen atoms in total. The first kappa shape index (κ1) is 21.2.